The number of benzene rings is 1. The van der Waals surface area contributed by atoms with Crippen LogP contribution >= 0.6 is 0 Å². The third kappa shape index (κ3) is 9.85. The van der Waals surface area contributed by atoms with Crippen molar-refractivity contribution in [3.8, 4) is 0 Å². The summed E-state index contributed by atoms with van der Waals surface area (Å²) in [4.78, 5) is 57.8. The number of carbonyl (C=O) groups is 4. The Morgan fingerprint density at radius 2 is 1.60 bits per heavy atom. The molecule has 0 spiro atoms. The van der Waals surface area contributed by atoms with Crippen molar-refractivity contribution in [3.05, 3.63) is 36.0 Å². The van der Waals surface area contributed by atoms with Crippen LogP contribution in [0.25, 0.3) is 10.9 Å². The number of carbonyl (C=O) groups excluding carboxylic acids is 3. The maximum Gasteiger partial charge on any atom is 0.326 e. The minimum absolute atomic E-state index is 0.0364. The maximum absolute atomic E-state index is 13.5. The molecule has 0 radical (unpaired) electrons. The molecule has 0 fully saturated rings. The summed E-state index contributed by atoms with van der Waals surface area (Å²) < 4.78 is 0. The second-order valence-electron chi connectivity index (χ2n) is 9.95. The number of H-pyrrole nitrogens is 1. The monoisotopic (exact) mass is 560 g/mol. The highest BCUT2D eigenvalue weighted by molar-refractivity contribution is 5.95. The lowest BCUT2D eigenvalue weighted by Gasteiger charge is -2.26. The van der Waals surface area contributed by atoms with Gasteiger partial charge in [0.15, 0.2) is 5.96 Å². The first-order valence-corrected chi connectivity index (χ1v) is 13.0. The summed E-state index contributed by atoms with van der Waals surface area (Å²) in [5.41, 5.74) is 17.8. The summed E-state index contributed by atoms with van der Waals surface area (Å²) in [5.74, 6) is -3.48. The molecule has 0 aliphatic rings. The standard InChI is InChI=1S/C26H40N8O6/c1-14(2)10-20(23(37)32-19(25(39)40)8-5-9-30-26(28)29)34-24(38)21(33-22(36)17(27)13-35)11-15-12-31-18-7-4-3-6-16(15)18/h3-4,6-7,12,14,17,19-21,31,35H,5,8-11,13,27H2,1-2H3,(H,32,37)(H,33,36)(H,34,38)(H,39,40)(H4,28,29,30). The number of aliphatic hydroxyl groups is 1. The molecule has 3 amide bonds. The van der Waals surface area contributed by atoms with Crippen LogP contribution in [-0.4, -0.2) is 82.2 Å². The Labute approximate surface area is 232 Å². The Morgan fingerprint density at radius 1 is 0.975 bits per heavy atom. The highest BCUT2D eigenvalue weighted by atomic mass is 16.4. The number of nitrogens with two attached hydrogens (primary N) is 3. The number of aromatic amines is 1. The molecule has 0 saturated heterocycles. The molecule has 0 aliphatic heterocycles. The number of amides is 3. The Bertz CT molecular complexity index is 1190. The zero-order valence-electron chi connectivity index (χ0n) is 22.7. The molecule has 1 aromatic heterocycles. The van der Waals surface area contributed by atoms with E-state index in [0.717, 1.165) is 16.5 Å². The van der Waals surface area contributed by atoms with Gasteiger partial charge in [0.25, 0.3) is 0 Å². The Kier molecular flexibility index (Phi) is 12.4. The van der Waals surface area contributed by atoms with Gasteiger partial charge in [-0.3, -0.25) is 19.4 Å². The molecule has 2 rings (SSSR count). The normalized spacial score (nSPS) is 14.1. The fourth-order valence-electron chi connectivity index (χ4n) is 4.10. The van der Waals surface area contributed by atoms with E-state index in [1.54, 1.807) is 6.20 Å². The van der Waals surface area contributed by atoms with Crippen LogP contribution in [0.4, 0.5) is 0 Å². The number of aliphatic hydroxyl groups excluding tert-OH is 1. The Morgan fingerprint density at radius 3 is 2.23 bits per heavy atom. The minimum atomic E-state index is -1.25. The van der Waals surface area contributed by atoms with Crippen LogP contribution in [0.2, 0.25) is 0 Å². The van der Waals surface area contributed by atoms with Crippen LogP contribution in [-0.2, 0) is 25.6 Å². The van der Waals surface area contributed by atoms with Gasteiger partial charge in [0.1, 0.15) is 24.2 Å². The highest BCUT2D eigenvalue weighted by Crippen LogP contribution is 2.19. The number of hydrogen-bond donors (Lipinski definition) is 9. The number of hydrogen-bond acceptors (Lipinski definition) is 7. The largest absolute Gasteiger partial charge is 0.480 e. The molecule has 0 bridgehead atoms. The second-order valence-corrected chi connectivity index (χ2v) is 9.95. The van der Waals surface area contributed by atoms with Crippen molar-refractivity contribution in [1.82, 2.24) is 20.9 Å². The first kappa shape index (κ1) is 32.0. The molecule has 14 nitrogen and oxygen atoms in total. The zero-order valence-corrected chi connectivity index (χ0v) is 22.7. The molecule has 4 unspecified atom stereocenters. The van der Waals surface area contributed by atoms with E-state index >= 15 is 0 Å². The summed E-state index contributed by atoms with van der Waals surface area (Å²) >= 11 is 0. The van der Waals surface area contributed by atoms with Crippen LogP contribution < -0.4 is 33.2 Å². The van der Waals surface area contributed by atoms with Gasteiger partial charge in [-0.25, -0.2) is 4.79 Å². The quantitative estimate of drug-likeness (QED) is 0.0669. The van der Waals surface area contributed by atoms with Gasteiger partial charge in [0.05, 0.1) is 6.61 Å². The molecular formula is C26H40N8O6. The molecule has 40 heavy (non-hydrogen) atoms. The lowest BCUT2D eigenvalue weighted by molar-refractivity contribution is -0.142. The summed E-state index contributed by atoms with van der Waals surface area (Å²) in [6.07, 6.45) is 2.37. The van der Waals surface area contributed by atoms with Gasteiger partial charge in [-0.05, 0) is 36.8 Å². The summed E-state index contributed by atoms with van der Waals surface area (Å²) in [6, 6.07) is 2.74. The van der Waals surface area contributed by atoms with E-state index in [4.69, 9.17) is 17.2 Å². The van der Waals surface area contributed by atoms with Gasteiger partial charge >= 0.3 is 5.97 Å². The number of aliphatic carboxylic acids is 1. The van der Waals surface area contributed by atoms with Gasteiger partial charge in [0.2, 0.25) is 17.7 Å². The van der Waals surface area contributed by atoms with Crippen molar-refractivity contribution in [2.45, 2.75) is 63.7 Å². The zero-order chi connectivity index (χ0) is 29.8. The highest BCUT2D eigenvalue weighted by Gasteiger charge is 2.31. The first-order valence-electron chi connectivity index (χ1n) is 13.0. The number of fused-ring (bicyclic) bond motifs is 1. The predicted octanol–water partition coefficient (Wildman–Crippen LogP) is -1.33. The van der Waals surface area contributed by atoms with E-state index in [9.17, 15) is 29.4 Å². The number of nitrogens with zero attached hydrogens (tertiary/aromatic N) is 1. The number of guanidine groups is 1. The first-order chi connectivity index (χ1) is 18.9. The van der Waals surface area contributed by atoms with E-state index in [1.807, 2.05) is 38.1 Å². The Hall–Kier alpha value is -4.17. The summed E-state index contributed by atoms with van der Waals surface area (Å²) in [7, 11) is 0. The number of carboxylic acid groups (broad SMARTS) is 1. The van der Waals surface area contributed by atoms with Gasteiger partial charge in [-0.2, -0.15) is 0 Å². The number of aromatic nitrogens is 1. The van der Waals surface area contributed by atoms with Crippen LogP contribution in [0, 0.1) is 5.92 Å². The van der Waals surface area contributed by atoms with Crippen LogP contribution in [0.5, 0.6) is 0 Å². The van der Waals surface area contributed by atoms with Crippen molar-refractivity contribution < 1.29 is 29.4 Å². The van der Waals surface area contributed by atoms with Crippen molar-refractivity contribution in [3.63, 3.8) is 0 Å². The average molecular weight is 561 g/mol. The van der Waals surface area contributed by atoms with Gasteiger partial charge in [-0.15, -0.1) is 0 Å². The summed E-state index contributed by atoms with van der Waals surface area (Å²) in [6.45, 7) is 3.27. The number of carboxylic acids is 1. The molecule has 4 atom stereocenters. The van der Waals surface area contributed by atoms with E-state index in [-0.39, 0.29) is 37.7 Å². The SMILES string of the molecule is CC(C)CC(NC(=O)C(Cc1c[nH]c2ccccc12)NC(=O)C(N)CO)C(=O)NC(CCCN=C(N)N)C(=O)O. The van der Waals surface area contributed by atoms with Crippen LogP contribution in [0.15, 0.2) is 35.5 Å². The smallest absolute Gasteiger partial charge is 0.326 e. The van der Waals surface area contributed by atoms with Crippen molar-refractivity contribution in [1.29, 1.82) is 0 Å². The fourth-order valence-corrected chi connectivity index (χ4v) is 4.10. The van der Waals surface area contributed by atoms with Crippen LogP contribution in [0.3, 0.4) is 0 Å². The molecule has 0 aliphatic carbocycles. The number of nitrogens with one attached hydrogen (secondary N) is 4. The van der Waals surface area contributed by atoms with E-state index < -0.39 is 54.5 Å². The lowest BCUT2D eigenvalue weighted by atomic mass is 10.00. The van der Waals surface area contributed by atoms with Gasteiger partial charge in [0, 0.05) is 30.1 Å². The number of para-hydroxylation sites is 1. The number of aliphatic imine (C=N–C) groups is 1. The molecule has 14 heteroatoms. The fraction of sp³-hybridized carbons (Fsp3) is 0.500. The average Bonchev–Trinajstić information content (AvgIpc) is 3.31. The van der Waals surface area contributed by atoms with Gasteiger partial charge in [-0.1, -0.05) is 32.0 Å². The molecule has 1 aromatic carbocycles. The lowest BCUT2D eigenvalue weighted by Crippen LogP contribution is -2.58. The Balaban J connectivity index is 2.23. The van der Waals surface area contributed by atoms with Gasteiger partial charge < -0.3 is 48.3 Å². The topological polar surface area (TPSA) is 251 Å². The molecular weight excluding hydrogens is 520 g/mol. The van der Waals surface area contributed by atoms with Crippen molar-refractivity contribution in [2.24, 2.45) is 28.1 Å². The maximum atomic E-state index is 13.5. The van der Waals surface area contributed by atoms with Crippen molar-refractivity contribution in [2.75, 3.05) is 13.2 Å². The second kappa shape index (κ2) is 15.4. The third-order valence-corrected chi connectivity index (χ3v) is 6.17. The third-order valence-electron chi connectivity index (χ3n) is 6.17. The minimum Gasteiger partial charge on any atom is -0.480 e. The van der Waals surface area contributed by atoms with Crippen LogP contribution in [0.1, 0.15) is 38.7 Å². The molecule has 1 heterocycles. The molecule has 12 N–H and O–H groups in total. The predicted molar refractivity (Wildman–Crippen MR) is 150 cm³/mol. The summed E-state index contributed by atoms with van der Waals surface area (Å²) in [5, 5.41) is 27.5. The van der Waals surface area contributed by atoms with Crippen molar-refractivity contribution >= 4 is 40.6 Å². The molecule has 2 aromatic rings. The van der Waals surface area contributed by atoms with E-state index in [0.29, 0.717) is 6.42 Å². The van der Waals surface area contributed by atoms with E-state index in [1.165, 1.54) is 0 Å². The number of rotatable bonds is 16. The molecule has 220 valence electrons. The van der Waals surface area contributed by atoms with E-state index in [2.05, 4.69) is 25.9 Å². The molecule has 0 saturated carbocycles.